The zero-order valence-corrected chi connectivity index (χ0v) is 10.0. The van der Waals surface area contributed by atoms with Crippen LogP contribution in [0, 0.1) is 20.8 Å². The van der Waals surface area contributed by atoms with Crippen LogP contribution in [0.2, 0.25) is 0 Å². The van der Waals surface area contributed by atoms with Crippen molar-refractivity contribution in [3.05, 3.63) is 45.0 Å². The summed E-state index contributed by atoms with van der Waals surface area (Å²) in [6.07, 6.45) is 1.69. The summed E-state index contributed by atoms with van der Waals surface area (Å²) in [4.78, 5) is 2.49. The second-order valence-electron chi connectivity index (χ2n) is 3.85. The predicted molar refractivity (Wildman–Crippen MR) is 63.3 cm³/mol. The van der Waals surface area contributed by atoms with E-state index < -0.39 is 0 Å². The van der Waals surface area contributed by atoms with Gasteiger partial charge in [-0.05, 0) is 44.0 Å². The van der Waals surface area contributed by atoms with Gasteiger partial charge in [-0.2, -0.15) is 0 Å². The molecular formula is C12H15NOS. The van der Waals surface area contributed by atoms with Crippen LogP contribution in [0.4, 0.5) is 0 Å². The van der Waals surface area contributed by atoms with Crippen LogP contribution >= 0.6 is 11.3 Å². The summed E-state index contributed by atoms with van der Waals surface area (Å²) in [6.45, 7) is 6.22. The van der Waals surface area contributed by atoms with Crippen LogP contribution in [0.5, 0.6) is 0 Å². The number of furan rings is 1. The Balaban J connectivity index is 2.40. The monoisotopic (exact) mass is 221 g/mol. The molecule has 0 aliphatic rings. The molecule has 2 aromatic rings. The highest BCUT2D eigenvalue weighted by molar-refractivity contribution is 7.12. The van der Waals surface area contributed by atoms with Crippen molar-refractivity contribution in [3.8, 4) is 0 Å². The average molecular weight is 221 g/mol. The normalized spacial score (nSPS) is 13.1. The Morgan fingerprint density at radius 1 is 1.27 bits per heavy atom. The second-order valence-corrected chi connectivity index (χ2v) is 5.14. The number of aryl methyl sites for hydroxylation is 3. The van der Waals surface area contributed by atoms with Gasteiger partial charge in [-0.25, -0.2) is 0 Å². The van der Waals surface area contributed by atoms with E-state index in [1.165, 1.54) is 15.3 Å². The molecule has 1 unspecified atom stereocenters. The van der Waals surface area contributed by atoms with Crippen molar-refractivity contribution in [1.82, 2.24) is 0 Å². The number of nitrogens with two attached hydrogens (primary N) is 1. The highest BCUT2D eigenvalue weighted by Gasteiger charge is 2.18. The molecule has 0 bridgehead atoms. The van der Waals surface area contributed by atoms with Crippen molar-refractivity contribution in [1.29, 1.82) is 0 Å². The van der Waals surface area contributed by atoms with Crippen molar-refractivity contribution >= 4 is 11.3 Å². The summed E-state index contributed by atoms with van der Waals surface area (Å²) in [7, 11) is 0. The molecule has 2 aromatic heterocycles. The van der Waals surface area contributed by atoms with Gasteiger partial charge in [0.25, 0.3) is 0 Å². The maximum absolute atomic E-state index is 6.19. The van der Waals surface area contributed by atoms with Gasteiger partial charge < -0.3 is 10.2 Å². The Hall–Kier alpha value is -1.06. The fourth-order valence-electron chi connectivity index (χ4n) is 1.79. The van der Waals surface area contributed by atoms with Gasteiger partial charge in [-0.15, -0.1) is 11.3 Å². The molecule has 0 aromatic carbocycles. The standard InChI is InChI=1S/C12H15NOS/c1-7-4-5-14-11(7)10(13)12-8(2)6-9(3)15-12/h4-6,10H,13H2,1-3H3. The lowest BCUT2D eigenvalue weighted by atomic mass is 10.1. The maximum atomic E-state index is 6.19. The lowest BCUT2D eigenvalue weighted by molar-refractivity contribution is 0.488. The van der Waals surface area contributed by atoms with Gasteiger partial charge in [0.2, 0.25) is 0 Å². The SMILES string of the molecule is Cc1cc(C)c(C(N)c2occc2C)s1. The molecule has 2 rings (SSSR count). The first-order valence-electron chi connectivity index (χ1n) is 4.96. The van der Waals surface area contributed by atoms with Crippen LogP contribution in [-0.2, 0) is 0 Å². The number of thiophene rings is 1. The van der Waals surface area contributed by atoms with Crippen molar-refractivity contribution < 1.29 is 4.42 Å². The third kappa shape index (κ3) is 1.85. The second kappa shape index (κ2) is 3.83. The molecule has 1 atom stereocenters. The molecule has 3 heteroatoms. The molecule has 2 nitrogen and oxygen atoms in total. The quantitative estimate of drug-likeness (QED) is 0.845. The molecule has 15 heavy (non-hydrogen) atoms. The fourth-order valence-corrected chi connectivity index (χ4v) is 2.83. The van der Waals surface area contributed by atoms with E-state index in [0.29, 0.717) is 0 Å². The Labute approximate surface area is 93.7 Å². The van der Waals surface area contributed by atoms with Crippen LogP contribution in [0.15, 0.2) is 22.8 Å². The van der Waals surface area contributed by atoms with E-state index in [1.54, 1.807) is 17.6 Å². The largest absolute Gasteiger partial charge is 0.467 e. The first kappa shape index (κ1) is 10.5. The summed E-state index contributed by atoms with van der Waals surface area (Å²) < 4.78 is 5.43. The minimum absolute atomic E-state index is 0.126. The van der Waals surface area contributed by atoms with E-state index in [0.717, 1.165) is 11.3 Å². The van der Waals surface area contributed by atoms with Gasteiger partial charge in [-0.1, -0.05) is 0 Å². The average Bonchev–Trinajstić information content (AvgIpc) is 2.71. The number of rotatable bonds is 2. The minimum atomic E-state index is -0.126. The summed E-state index contributed by atoms with van der Waals surface area (Å²) in [5.74, 6) is 0.875. The van der Waals surface area contributed by atoms with Crippen LogP contribution in [0.25, 0.3) is 0 Å². The smallest absolute Gasteiger partial charge is 0.128 e. The molecule has 2 N–H and O–H groups in total. The molecule has 0 radical (unpaired) electrons. The Bertz CT molecular complexity index is 470. The topological polar surface area (TPSA) is 39.2 Å². The minimum Gasteiger partial charge on any atom is -0.467 e. The van der Waals surface area contributed by atoms with E-state index in [4.69, 9.17) is 10.2 Å². The zero-order valence-electron chi connectivity index (χ0n) is 9.20. The van der Waals surface area contributed by atoms with Crippen LogP contribution < -0.4 is 5.73 Å². The van der Waals surface area contributed by atoms with E-state index in [-0.39, 0.29) is 6.04 Å². The Morgan fingerprint density at radius 2 is 2.00 bits per heavy atom. The lowest BCUT2D eigenvalue weighted by Crippen LogP contribution is -2.11. The molecule has 2 heterocycles. The van der Waals surface area contributed by atoms with E-state index in [1.807, 2.05) is 13.0 Å². The highest BCUT2D eigenvalue weighted by Crippen LogP contribution is 2.31. The van der Waals surface area contributed by atoms with Crippen LogP contribution in [0.3, 0.4) is 0 Å². The lowest BCUT2D eigenvalue weighted by Gasteiger charge is -2.09. The molecule has 0 aliphatic heterocycles. The zero-order chi connectivity index (χ0) is 11.0. The van der Waals surface area contributed by atoms with Crippen molar-refractivity contribution in [3.63, 3.8) is 0 Å². The number of hydrogen-bond acceptors (Lipinski definition) is 3. The van der Waals surface area contributed by atoms with E-state index in [2.05, 4.69) is 19.9 Å². The van der Waals surface area contributed by atoms with Crippen LogP contribution in [0.1, 0.15) is 32.7 Å². The third-order valence-corrected chi connectivity index (χ3v) is 3.78. The van der Waals surface area contributed by atoms with Gasteiger partial charge >= 0.3 is 0 Å². The van der Waals surface area contributed by atoms with Gasteiger partial charge in [0.05, 0.1) is 12.3 Å². The highest BCUT2D eigenvalue weighted by atomic mass is 32.1. The summed E-state index contributed by atoms with van der Waals surface area (Å²) in [6, 6.07) is 3.99. The molecule has 0 aliphatic carbocycles. The molecule has 0 saturated heterocycles. The van der Waals surface area contributed by atoms with Crippen molar-refractivity contribution in [2.24, 2.45) is 5.73 Å². The summed E-state index contributed by atoms with van der Waals surface area (Å²) in [5, 5.41) is 0. The van der Waals surface area contributed by atoms with Gasteiger partial charge in [-0.3, -0.25) is 0 Å². The van der Waals surface area contributed by atoms with Gasteiger partial charge in [0, 0.05) is 9.75 Å². The first-order chi connectivity index (χ1) is 7.09. The van der Waals surface area contributed by atoms with Gasteiger partial charge in [0.1, 0.15) is 5.76 Å². The molecule has 0 saturated carbocycles. The molecule has 0 spiro atoms. The third-order valence-electron chi connectivity index (χ3n) is 2.55. The summed E-state index contributed by atoms with van der Waals surface area (Å²) >= 11 is 1.74. The van der Waals surface area contributed by atoms with Crippen molar-refractivity contribution in [2.45, 2.75) is 26.8 Å². The first-order valence-corrected chi connectivity index (χ1v) is 5.77. The molecule has 0 fully saturated rings. The Morgan fingerprint density at radius 3 is 2.47 bits per heavy atom. The summed E-state index contributed by atoms with van der Waals surface area (Å²) in [5.41, 5.74) is 8.56. The van der Waals surface area contributed by atoms with E-state index >= 15 is 0 Å². The maximum Gasteiger partial charge on any atom is 0.128 e. The molecule has 80 valence electrons. The predicted octanol–water partition coefficient (Wildman–Crippen LogP) is 3.31. The van der Waals surface area contributed by atoms with Gasteiger partial charge in [0.15, 0.2) is 0 Å². The van der Waals surface area contributed by atoms with Crippen LogP contribution in [-0.4, -0.2) is 0 Å². The Kier molecular flexibility index (Phi) is 2.67. The fraction of sp³-hybridized carbons (Fsp3) is 0.333. The van der Waals surface area contributed by atoms with E-state index in [9.17, 15) is 0 Å². The molecular weight excluding hydrogens is 206 g/mol. The molecule has 0 amide bonds. The number of hydrogen-bond donors (Lipinski definition) is 1. The van der Waals surface area contributed by atoms with Crippen molar-refractivity contribution in [2.75, 3.05) is 0 Å².